The summed E-state index contributed by atoms with van der Waals surface area (Å²) in [6.07, 6.45) is -1.92. The van der Waals surface area contributed by atoms with Gasteiger partial charge in [-0.15, -0.1) is 0 Å². The number of ketones is 1. The highest BCUT2D eigenvalue weighted by atomic mass is 16.7. The van der Waals surface area contributed by atoms with Gasteiger partial charge in [-0.05, 0) is 84.5 Å². The molecule has 15 atom stereocenters. The number of ether oxygens (including phenoxy) is 6. The zero-order valence-electron chi connectivity index (χ0n) is 36.7. The Balaban J connectivity index is 1.63. The van der Waals surface area contributed by atoms with Crippen LogP contribution >= 0.6 is 0 Å². The molecule has 326 valence electrons. The molecule has 4 aliphatic heterocycles. The molecule has 5 rings (SSSR count). The van der Waals surface area contributed by atoms with Crippen molar-refractivity contribution in [2.75, 3.05) is 27.7 Å². The number of carbonyl (C=O) groups excluding carboxylic acids is 4. The normalized spacial score (nSPS) is 41.3. The fourth-order valence-electron chi connectivity index (χ4n) is 10.1. The van der Waals surface area contributed by atoms with Crippen LogP contribution in [0.5, 0.6) is 0 Å². The smallest absolute Gasteiger partial charge is 0.410 e. The second-order valence-electron chi connectivity index (χ2n) is 18.8. The number of likely N-dealkylation sites (N-methyl/N-ethyl adjacent to an activating group) is 1. The van der Waals surface area contributed by atoms with Crippen molar-refractivity contribution in [3.8, 4) is 0 Å². The lowest BCUT2D eigenvalue weighted by Crippen LogP contribution is -2.61. The van der Waals surface area contributed by atoms with E-state index in [-0.39, 0.29) is 42.2 Å². The first kappa shape index (κ1) is 45.7. The van der Waals surface area contributed by atoms with E-state index in [1.807, 2.05) is 58.8 Å². The van der Waals surface area contributed by atoms with E-state index in [2.05, 4.69) is 24.1 Å². The molecule has 0 bridgehead atoms. The first-order chi connectivity index (χ1) is 27.1. The van der Waals surface area contributed by atoms with Crippen LogP contribution in [-0.4, -0.2) is 132 Å². The number of nitrogens with one attached hydrogen (secondary N) is 1. The summed E-state index contributed by atoms with van der Waals surface area (Å²) >= 11 is 0. The molecule has 5 heterocycles. The van der Waals surface area contributed by atoms with Gasteiger partial charge in [0, 0.05) is 49.8 Å². The Kier molecular flexibility index (Phi) is 13.9. The molecule has 0 saturated carbocycles. The van der Waals surface area contributed by atoms with Crippen LogP contribution in [0.2, 0.25) is 0 Å². The summed E-state index contributed by atoms with van der Waals surface area (Å²) in [7, 11) is 5.29. The van der Waals surface area contributed by atoms with Gasteiger partial charge in [0.05, 0.1) is 35.8 Å². The minimum absolute atomic E-state index is 0.134. The number of rotatable bonds is 7. The molecular formula is C43H68N4O11. The maximum atomic E-state index is 14.7. The zero-order chi connectivity index (χ0) is 43.1. The number of aliphatic hydroxyl groups is 1. The number of esters is 1. The number of alkyl carbamates (subject to hydrolysis) is 1. The second kappa shape index (κ2) is 17.7. The minimum atomic E-state index is -1.39. The van der Waals surface area contributed by atoms with E-state index in [4.69, 9.17) is 28.4 Å². The third-order valence-corrected chi connectivity index (χ3v) is 13.4. The lowest BCUT2D eigenvalue weighted by atomic mass is 9.73. The minimum Gasteiger partial charge on any atom is -0.458 e. The fourth-order valence-corrected chi connectivity index (χ4v) is 10.1. The second-order valence-corrected chi connectivity index (χ2v) is 18.8. The third-order valence-electron chi connectivity index (χ3n) is 13.4. The molecule has 0 unspecified atom stereocenters. The van der Waals surface area contributed by atoms with E-state index < -0.39 is 89.8 Å². The first-order valence-corrected chi connectivity index (χ1v) is 20.9. The highest BCUT2D eigenvalue weighted by Crippen LogP contribution is 2.45. The maximum Gasteiger partial charge on any atom is 0.410 e. The van der Waals surface area contributed by atoms with Crippen LogP contribution in [0, 0.1) is 29.1 Å². The van der Waals surface area contributed by atoms with Gasteiger partial charge in [0.1, 0.15) is 24.1 Å². The molecule has 0 radical (unpaired) electrons. The Morgan fingerprint density at radius 2 is 1.76 bits per heavy atom. The van der Waals surface area contributed by atoms with Gasteiger partial charge in [0.15, 0.2) is 11.9 Å². The number of amides is 2. The highest BCUT2D eigenvalue weighted by molar-refractivity contribution is 5.85. The van der Waals surface area contributed by atoms with Crippen LogP contribution < -0.4 is 5.32 Å². The van der Waals surface area contributed by atoms with Crippen LogP contribution in [0.25, 0.3) is 0 Å². The standard InChI is InChI=1S/C43H68N4O11/c1-14-31-43(10)35(45-39(51)58-43)25(4)32(48)23(2)19-42(9,53-13)36(57-38-33(49)29(46(11)12)18-24(3)54-38)26(5)34(27(6)37(50)55-31)56-40(52)47-22-41(7,8)20-30(47)28-16-15-17-44-21-28/h15-17,21,23-27,29-31,33-36,38,49H,14,18-20,22H2,1-13H3,(H,45,51)/t23-,24-,25-,26+,27-,29+,30-,31-,33-,34+,35-,36-,38+,42-,43-/m1/s1. The van der Waals surface area contributed by atoms with Crippen LogP contribution in [0.3, 0.4) is 0 Å². The first-order valence-electron chi connectivity index (χ1n) is 20.9. The Morgan fingerprint density at radius 1 is 1.07 bits per heavy atom. The van der Waals surface area contributed by atoms with Crippen molar-refractivity contribution in [2.24, 2.45) is 29.1 Å². The summed E-state index contributed by atoms with van der Waals surface area (Å²) in [5, 5.41) is 14.5. The number of hydrogen-bond acceptors (Lipinski definition) is 13. The predicted octanol–water partition coefficient (Wildman–Crippen LogP) is 5.28. The number of likely N-dealkylation sites (tertiary alicyclic amines) is 1. The molecule has 2 amide bonds. The zero-order valence-corrected chi connectivity index (χ0v) is 36.7. The quantitative estimate of drug-likeness (QED) is 0.269. The number of aliphatic hydroxyl groups excluding tert-OH is 1. The summed E-state index contributed by atoms with van der Waals surface area (Å²) in [4.78, 5) is 64.4. The summed E-state index contributed by atoms with van der Waals surface area (Å²) < 4.78 is 38.2. The van der Waals surface area contributed by atoms with Crippen molar-refractivity contribution >= 4 is 23.9 Å². The molecule has 15 nitrogen and oxygen atoms in total. The molecule has 58 heavy (non-hydrogen) atoms. The van der Waals surface area contributed by atoms with Crippen LogP contribution in [0.1, 0.15) is 107 Å². The molecule has 15 heteroatoms. The van der Waals surface area contributed by atoms with Gasteiger partial charge in [-0.3, -0.25) is 14.6 Å². The summed E-state index contributed by atoms with van der Waals surface area (Å²) in [6, 6.07) is 2.31. The topological polar surface area (TPSA) is 175 Å². The Labute approximate surface area is 344 Å². The molecule has 1 aromatic heterocycles. The van der Waals surface area contributed by atoms with Crippen molar-refractivity contribution in [1.82, 2.24) is 20.1 Å². The van der Waals surface area contributed by atoms with Crippen molar-refractivity contribution in [3.63, 3.8) is 0 Å². The number of cyclic esters (lactones) is 1. The van der Waals surface area contributed by atoms with Crippen molar-refractivity contribution in [2.45, 2.75) is 161 Å². The highest BCUT2D eigenvalue weighted by Gasteiger charge is 2.58. The number of pyridine rings is 1. The van der Waals surface area contributed by atoms with Crippen molar-refractivity contribution < 1.29 is 52.7 Å². The van der Waals surface area contributed by atoms with Crippen molar-refractivity contribution in [1.29, 1.82) is 0 Å². The third kappa shape index (κ3) is 9.18. The molecule has 2 N–H and O–H groups in total. The molecule has 4 aliphatic rings. The fraction of sp³-hybridized carbons (Fsp3) is 0.791. The summed E-state index contributed by atoms with van der Waals surface area (Å²) in [6.45, 7) is 18.8. The van der Waals surface area contributed by atoms with E-state index in [9.17, 15) is 24.3 Å². The van der Waals surface area contributed by atoms with Gasteiger partial charge >= 0.3 is 18.2 Å². The number of methoxy groups -OCH3 is 1. The largest absolute Gasteiger partial charge is 0.458 e. The van der Waals surface area contributed by atoms with Crippen LogP contribution in [0.4, 0.5) is 9.59 Å². The monoisotopic (exact) mass is 816 g/mol. The Morgan fingerprint density at radius 3 is 2.36 bits per heavy atom. The van der Waals surface area contributed by atoms with Crippen LogP contribution in [-0.2, 0) is 38.0 Å². The molecule has 1 aromatic rings. The summed E-state index contributed by atoms with van der Waals surface area (Å²) in [5.74, 6) is -4.13. The maximum absolute atomic E-state index is 14.7. The van der Waals surface area contributed by atoms with Gasteiger partial charge < -0.3 is 48.6 Å². The molecule has 0 aliphatic carbocycles. The molecule has 0 aromatic carbocycles. The average Bonchev–Trinajstić information content (AvgIpc) is 3.68. The number of hydrogen-bond donors (Lipinski definition) is 2. The molecular weight excluding hydrogens is 748 g/mol. The number of carbonyl (C=O) groups is 4. The van der Waals surface area contributed by atoms with E-state index in [1.165, 1.54) is 7.11 Å². The predicted molar refractivity (Wildman–Crippen MR) is 213 cm³/mol. The van der Waals surface area contributed by atoms with Crippen molar-refractivity contribution in [3.05, 3.63) is 30.1 Å². The van der Waals surface area contributed by atoms with Gasteiger partial charge in [0.25, 0.3) is 0 Å². The van der Waals surface area contributed by atoms with Gasteiger partial charge in [-0.2, -0.15) is 0 Å². The number of fused-ring (bicyclic) bond motifs is 1. The van der Waals surface area contributed by atoms with Gasteiger partial charge in [-0.25, -0.2) is 9.59 Å². The molecule has 4 saturated heterocycles. The lowest BCUT2D eigenvalue weighted by Gasteiger charge is -2.48. The van der Waals surface area contributed by atoms with E-state index in [0.717, 1.165) is 5.56 Å². The number of Topliss-reactive ketones (excluding diaryl/α,β-unsaturated/α-hetero) is 1. The SMILES string of the molecule is CC[C@H]1OC(=O)[C@H](C)[C@@H](OC(=O)N2CC(C)(C)C[C@@H]2c2cccnc2)[C@H](C)[C@@H](O[C@@H]2O[C@H](C)C[C@H](N(C)C)[C@H]2O)[C@](C)(OC)C[C@@H](C)C(=O)[C@@H](C)[C@H]2NC(=O)O[C@@]21C. The van der Waals surface area contributed by atoms with E-state index in [1.54, 1.807) is 45.0 Å². The van der Waals surface area contributed by atoms with Crippen LogP contribution in [0.15, 0.2) is 24.5 Å². The van der Waals surface area contributed by atoms with Gasteiger partial charge in [0.2, 0.25) is 0 Å². The molecule has 0 spiro atoms. The lowest BCUT2D eigenvalue weighted by molar-refractivity contribution is -0.301. The van der Waals surface area contributed by atoms with E-state index in [0.29, 0.717) is 19.4 Å². The Hall–Kier alpha value is -3.37. The Bertz CT molecular complexity index is 1630. The van der Waals surface area contributed by atoms with Gasteiger partial charge in [-0.1, -0.05) is 47.6 Å². The summed E-state index contributed by atoms with van der Waals surface area (Å²) in [5.41, 5.74) is -2.05. The number of aromatic nitrogens is 1. The average molecular weight is 817 g/mol. The van der Waals surface area contributed by atoms with E-state index >= 15 is 0 Å². The number of nitrogens with zero attached hydrogens (tertiary/aromatic N) is 3. The molecule has 4 fully saturated rings.